The van der Waals surface area contributed by atoms with E-state index in [1.165, 1.54) is 0 Å². The molecule has 0 aromatic carbocycles. The number of nitrogens with zero attached hydrogens (tertiary/aromatic N) is 2. The SMILES string of the molecule is CCC(N)C(c1ccc(C)o1)N(CCC#N)CC(C)C. The summed E-state index contributed by atoms with van der Waals surface area (Å²) in [6.45, 7) is 10.0. The smallest absolute Gasteiger partial charge is 0.122 e. The van der Waals surface area contributed by atoms with Crippen LogP contribution in [-0.4, -0.2) is 24.0 Å². The lowest BCUT2D eigenvalue weighted by atomic mass is 10.0. The quantitative estimate of drug-likeness (QED) is 0.792. The number of rotatable bonds is 8. The lowest BCUT2D eigenvalue weighted by Crippen LogP contribution is -2.42. The Morgan fingerprint density at radius 3 is 2.55 bits per heavy atom. The van der Waals surface area contributed by atoms with Crippen molar-refractivity contribution in [3.63, 3.8) is 0 Å². The molecule has 1 rings (SSSR count). The van der Waals surface area contributed by atoms with Gasteiger partial charge in [0.25, 0.3) is 0 Å². The van der Waals surface area contributed by atoms with Gasteiger partial charge in [-0.05, 0) is 31.4 Å². The molecule has 2 unspecified atom stereocenters. The van der Waals surface area contributed by atoms with E-state index in [1.807, 2.05) is 19.1 Å². The minimum atomic E-state index is 0.0120. The summed E-state index contributed by atoms with van der Waals surface area (Å²) in [6, 6.07) is 6.27. The predicted molar refractivity (Wildman–Crippen MR) is 81.1 cm³/mol. The van der Waals surface area contributed by atoms with Gasteiger partial charge in [0.2, 0.25) is 0 Å². The maximum absolute atomic E-state index is 8.87. The fourth-order valence-corrected chi connectivity index (χ4v) is 2.50. The van der Waals surface area contributed by atoms with Gasteiger partial charge >= 0.3 is 0 Å². The summed E-state index contributed by atoms with van der Waals surface area (Å²) in [5, 5.41) is 8.87. The summed E-state index contributed by atoms with van der Waals surface area (Å²) in [5.41, 5.74) is 6.32. The van der Waals surface area contributed by atoms with Gasteiger partial charge in [-0.15, -0.1) is 0 Å². The second-order valence-electron chi connectivity index (χ2n) is 5.76. The number of nitriles is 1. The van der Waals surface area contributed by atoms with Gasteiger partial charge in [0.1, 0.15) is 11.5 Å². The molecular formula is C16H27N3O. The molecule has 0 aliphatic carbocycles. The van der Waals surface area contributed by atoms with Crippen LogP contribution in [0.4, 0.5) is 0 Å². The van der Waals surface area contributed by atoms with Crippen molar-refractivity contribution in [2.24, 2.45) is 11.7 Å². The average molecular weight is 277 g/mol. The topological polar surface area (TPSA) is 66.2 Å². The fraction of sp³-hybridized carbons (Fsp3) is 0.688. The summed E-state index contributed by atoms with van der Waals surface area (Å²) in [6.07, 6.45) is 1.39. The van der Waals surface area contributed by atoms with Gasteiger partial charge < -0.3 is 10.2 Å². The number of hydrogen-bond donors (Lipinski definition) is 1. The predicted octanol–water partition coefficient (Wildman–Crippen LogP) is 3.24. The highest BCUT2D eigenvalue weighted by atomic mass is 16.3. The lowest BCUT2D eigenvalue weighted by molar-refractivity contribution is 0.134. The van der Waals surface area contributed by atoms with Crippen LogP contribution < -0.4 is 5.73 Å². The minimum absolute atomic E-state index is 0.0120. The molecule has 1 heterocycles. The molecule has 0 spiro atoms. The third kappa shape index (κ3) is 4.66. The van der Waals surface area contributed by atoms with Crippen LogP contribution in [0.2, 0.25) is 0 Å². The molecule has 0 aliphatic rings. The minimum Gasteiger partial charge on any atom is -0.465 e. The van der Waals surface area contributed by atoms with Gasteiger partial charge in [0, 0.05) is 25.6 Å². The molecule has 2 atom stereocenters. The van der Waals surface area contributed by atoms with Gasteiger partial charge in [-0.2, -0.15) is 5.26 Å². The third-order valence-corrected chi connectivity index (χ3v) is 3.43. The molecule has 0 aliphatic heterocycles. The standard InChI is InChI=1S/C16H27N3O/c1-5-14(18)16(15-8-7-13(4)20-15)19(10-6-9-17)11-12(2)3/h7-8,12,14,16H,5-6,10-11,18H2,1-4H3. The van der Waals surface area contributed by atoms with E-state index in [0.717, 1.165) is 31.0 Å². The first kappa shape index (κ1) is 16.7. The van der Waals surface area contributed by atoms with Crippen molar-refractivity contribution in [1.82, 2.24) is 4.90 Å². The number of nitrogens with two attached hydrogens (primary N) is 1. The van der Waals surface area contributed by atoms with Crippen molar-refractivity contribution >= 4 is 0 Å². The van der Waals surface area contributed by atoms with E-state index >= 15 is 0 Å². The second-order valence-corrected chi connectivity index (χ2v) is 5.76. The van der Waals surface area contributed by atoms with Crippen LogP contribution >= 0.6 is 0 Å². The zero-order valence-corrected chi connectivity index (χ0v) is 13.1. The number of furan rings is 1. The van der Waals surface area contributed by atoms with Gasteiger partial charge in [0.15, 0.2) is 0 Å². The Morgan fingerprint density at radius 1 is 1.40 bits per heavy atom. The normalized spacial score (nSPS) is 14.5. The Balaban J connectivity index is 3.00. The lowest BCUT2D eigenvalue weighted by Gasteiger charge is -2.34. The highest BCUT2D eigenvalue weighted by Crippen LogP contribution is 2.27. The van der Waals surface area contributed by atoms with Crippen LogP contribution in [0, 0.1) is 24.2 Å². The highest BCUT2D eigenvalue weighted by Gasteiger charge is 2.28. The van der Waals surface area contributed by atoms with Crippen molar-refractivity contribution in [2.75, 3.05) is 13.1 Å². The van der Waals surface area contributed by atoms with Crippen molar-refractivity contribution < 1.29 is 4.42 Å². The van der Waals surface area contributed by atoms with E-state index in [0.29, 0.717) is 12.3 Å². The summed E-state index contributed by atoms with van der Waals surface area (Å²) in [5.74, 6) is 2.34. The summed E-state index contributed by atoms with van der Waals surface area (Å²) in [7, 11) is 0. The van der Waals surface area contributed by atoms with E-state index in [9.17, 15) is 0 Å². The molecule has 4 heteroatoms. The van der Waals surface area contributed by atoms with Crippen LogP contribution in [0.1, 0.15) is 51.2 Å². The zero-order valence-electron chi connectivity index (χ0n) is 13.1. The molecule has 1 aromatic heterocycles. The first-order chi connectivity index (χ1) is 9.49. The van der Waals surface area contributed by atoms with Crippen molar-refractivity contribution in [2.45, 2.75) is 52.6 Å². The Labute approximate surface area is 122 Å². The summed E-state index contributed by atoms with van der Waals surface area (Å²) >= 11 is 0. The highest BCUT2D eigenvalue weighted by molar-refractivity contribution is 5.12. The molecule has 0 saturated carbocycles. The Hall–Kier alpha value is -1.31. The molecule has 1 aromatic rings. The maximum atomic E-state index is 8.87. The Bertz CT molecular complexity index is 433. The monoisotopic (exact) mass is 277 g/mol. The molecule has 2 N–H and O–H groups in total. The molecule has 0 amide bonds. The van der Waals surface area contributed by atoms with Crippen LogP contribution in [0.15, 0.2) is 16.5 Å². The fourth-order valence-electron chi connectivity index (χ4n) is 2.50. The number of hydrogen-bond acceptors (Lipinski definition) is 4. The molecule has 112 valence electrons. The molecule has 0 saturated heterocycles. The first-order valence-electron chi connectivity index (χ1n) is 7.42. The molecule has 0 fully saturated rings. The molecule has 20 heavy (non-hydrogen) atoms. The van der Waals surface area contributed by atoms with E-state index in [-0.39, 0.29) is 12.1 Å². The summed E-state index contributed by atoms with van der Waals surface area (Å²) in [4.78, 5) is 2.29. The zero-order chi connectivity index (χ0) is 15.1. The Kier molecular flexibility index (Phi) is 6.77. The van der Waals surface area contributed by atoms with Crippen LogP contribution in [0.25, 0.3) is 0 Å². The van der Waals surface area contributed by atoms with Crippen LogP contribution in [0.3, 0.4) is 0 Å². The average Bonchev–Trinajstić information content (AvgIpc) is 2.81. The van der Waals surface area contributed by atoms with Crippen molar-refractivity contribution in [1.29, 1.82) is 5.26 Å². The van der Waals surface area contributed by atoms with Gasteiger partial charge in [-0.1, -0.05) is 20.8 Å². The van der Waals surface area contributed by atoms with Crippen LogP contribution in [-0.2, 0) is 0 Å². The first-order valence-corrected chi connectivity index (χ1v) is 7.42. The molecule has 0 radical (unpaired) electrons. The molecule has 0 bridgehead atoms. The molecule has 4 nitrogen and oxygen atoms in total. The van der Waals surface area contributed by atoms with E-state index in [4.69, 9.17) is 15.4 Å². The molecular weight excluding hydrogens is 250 g/mol. The van der Waals surface area contributed by atoms with Gasteiger partial charge in [-0.3, -0.25) is 4.90 Å². The van der Waals surface area contributed by atoms with Gasteiger partial charge in [0.05, 0.1) is 12.1 Å². The summed E-state index contributed by atoms with van der Waals surface area (Å²) < 4.78 is 5.81. The van der Waals surface area contributed by atoms with E-state index < -0.39 is 0 Å². The van der Waals surface area contributed by atoms with Gasteiger partial charge in [-0.25, -0.2) is 0 Å². The number of aryl methyl sites for hydroxylation is 1. The van der Waals surface area contributed by atoms with E-state index in [2.05, 4.69) is 31.7 Å². The Morgan fingerprint density at radius 2 is 2.10 bits per heavy atom. The third-order valence-electron chi connectivity index (χ3n) is 3.43. The largest absolute Gasteiger partial charge is 0.465 e. The van der Waals surface area contributed by atoms with E-state index in [1.54, 1.807) is 0 Å². The second kappa shape index (κ2) is 8.08. The maximum Gasteiger partial charge on any atom is 0.122 e. The van der Waals surface area contributed by atoms with Crippen LogP contribution in [0.5, 0.6) is 0 Å². The van der Waals surface area contributed by atoms with Crippen molar-refractivity contribution in [3.8, 4) is 6.07 Å². The van der Waals surface area contributed by atoms with Crippen molar-refractivity contribution in [3.05, 3.63) is 23.7 Å².